The van der Waals surface area contributed by atoms with Crippen molar-refractivity contribution >= 4 is 11.6 Å². The van der Waals surface area contributed by atoms with Gasteiger partial charge in [-0.2, -0.15) is 0 Å². The van der Waals surface area contributed by atoms with E-state index in [1.807, 2.05) is 12.1 Å². The number of benzene rings is 2. The second kappa shape index (κ2) is 11.5. The zero-order valence-corrected chi connectivity index (χ0v) is 18.7. The molecule has 3 rings (SSSR count). The zero-order chi connectivity index (χ0) is 22.1. The van der Waals surface area contributed by atoms with Crippen molar-refractivity contribution < 1.29 is 19.0 Å². The number of para-hydroxylation sites is 1. The summed E-state index contributed by atoms with van der Waals surface area (Å²) in [5, 5.41) is 3.02. The molecule has 31 heavy (non-hydrogen) atoms. The fraction of sp³-hybridized carbons (Fsp3) is 0.458. The first-order valence-corrected chi connectivity index (χ1v) is 10.7. The molecule has 1 N–H and O–H groups in total. The Hall–Kier alpha value is -2.93. The van der Waals surface area contributed by atoms with Crippen LogP contribution in [0.15, 0.2) is 42.5 Å². The molecule has 7 heteroatoms. The van der Waals surface area contributed by atoms with Crippen LogP contribution in [0.4, 0.5) is 5.69 Å². The molecule has 7 nitrogen and oxygen atoms in total. The van der Waals surface area contributed by atoms with Gasteiger partial charge in [0, 0.05) is 38.4 Å². The van der Waals surface area contributed by atoms with Crippen LogP contribution >= 0.6 is 0 Å². The lowest BCUT2D eigenvalue weighted by Gasteiger charge is -2.36. The fourth-order valence-electron chi connectivity index (χ4n) is 3.88. The quantitative estimate of drug-likeness (QED) is 0.588. The summed E-state index contributed by atoms with van der Waals surface area (Å²) < 4.78 is 16.0. The van der Waals surface area contributed by atoms with Gasteiger partial charge in [-0.3, -0.25) is 9.69 Å². The first-order chi connectivity index (χ1) is 15.1. The SMILES string of the molecule is COc1cc(CC(=O)NCCCN2CCN(c3ccccc3)CC2)cc(OC)c1OC. The van der Waals surface area contributed by atoms with Gasteiger partial charge < -0.3 is 24.4 Å². The van der Waals surface area contributed by atoms with Gasteiger partial charge in [-0.15, -0.1) is 0 Å². The van der Waals surface area contributed by atoms with Crippen LogP contribution in [0.1, 0.15) is 12.0 Å². The molecule has 168 valence electrons. The molecule has 0 spiro atoms. The van der Waals surface area contributed by atoms with Crippen LogP contribution in [-0.4, -0.2) is 71.4 Å². The molecule has 0 radical (unpaired) electrons. The number of rotatable bonds is 10. The molecule has 0 atom stereocenters. The van der Waals surface area contributed by atoms with Crippen LogP contribution in [0.25, 0.3) is 0 Å². The number of hydrogen-bond acceptors (Lipinski definition) is 6. The number of carbonyl (C=O) groups excluding carboxylic acids is 1. The van der Waals surface area contributed by atoms with Crippen LogP contribution in [0.5, 0.6) is 17.2 Å². The van der Waals surface area contributed by atoms with Crippen molar-refractivity contribution in [1.29, 1.82) is 0 Å². The van der Waals surface area contributed by atoms with Gasteiger partial charge in [0.05, 0.1) is 27.8 Å². The average molecular weight is 428 g/mol. The maximum absolute atomic E-state index is 12.4. The molecule has 1 aliphatic heterocycles. The Labute approximate surface area is 184 Å². The number of hydrogen-bond donors (Lipinski definition) is 1. The Morgan fingerprint density at radius 3 is 2.16 bits per heavy atom. The molecule has 0 aliphatic carbocycles. The second-order valence-electron chi connectivity index (χ2n) is 7.58. The topological polar surface area (TPSA) is 63.3 Å². The van der Waals surface area contributed by atoms with E-state index in [-0.39, 0.29) is 12.3 Å². The lowest BCUT2D eigenvalue weighted by atomic mass is 10.1. The normalized spacial score (nSPS) is 14.2. The highest BCUT2D eigenvalue weighted by molar-refractivity contribution is 5.79. The van der Waals surface area contributed by atoms with E-state index in [9.17, 15) is 4.79 Å². The standard InChI is InChI=1S/C24H33N3O4/c1-29-21-16-19(17-22(30-2)24(21)31-3)18-23(28)25-10-7-11-26-12-14-27(15-13-26)20-8-5-4-6-9-20/h4-6,8-9,16-17H,7,10-15,18H2,1-3H3,(H,25,28). The molecule has 1 aliphatic rings. The summed E-state index contributed by atoms with van der Waals surface area (Å²) in [6.07, 6.45) is 1.21. The van der Waals surface area contributed by atoms with E-state index in [4.69, 9.17) is 14.2 Å². The molecular weight excluding hydrogens is 394 g/mol. The van der Waals surface area contributed by atoms with Gasteiger partial charge in [-0.05, 0) is 42.8 Å². The summed E-state index contributed by atoms with van der Waals surface area (Å²) in [6.45, 7) is 5.84. The minimum Gasteiger partial charge on any atom is -0.493 e. The number of anilines is 1. The van der Waals surface area contributed by atoms with Gasteiger partial charge in [0.25, 0.3) is 0 Å². The van der Waals surface area contributed by atoms with Crippen molar-refractivity contribution in [2.75, 3.05) is 65.5 Å². The number of amides is 1. The average Bonchev–Trinajstić information content (AvgIpc) is 2.82. The maximum Gasteiger partial charge on any atom is 0.224 e. The molecule has 0 bridgehead atoms. The number of nitrogens with one attached hydrogen (secondary N) is 1. The number of nitrogens with zero attached hydrogens (tertiary/aromatic N) is 2. The smallest absolute Gasteiger partial charge is 0.224 e. The number of piperazine rings is 1. The molecule has 0 aromatic heterocycles. The summed E-state index contributed by atoms with van der Waals surface area (Å²) >= 11 is 0. The molecular formula is C24H33N3O4. The van der Waals surface area contributed by atoms with Gasteiger partial charge in [0.2, 0.25) is 11.7 Å². The second-order valence-corrected chi connectivity index (χ2v) is 7.58. The van der Waals surface area contributed by atoms with Gasteiger partial charge >= 0.3 is 0 Å². The summed E-state index contributed by atoms with van der Waals surface area (Å²) in [4.78, 5) is 17.3. The third kappa shape index (κ3) is 6.28. The summed E-state index contributed by atoms with van der Waals surface area (Å²) in [5.74, 6) is 1.63. The first kappa shape index (κ1) is 22.7. The highest BCUT2D eigenvalue weighted by Gasteiger charge is 2.17. The van der Waals surface area contributed by atoms with Gasteiger partial charge in [0.1, 0.15) is 0 Å². The highest BCUT2D eigenvalue weighted by atomic mass is 16.5. The predicted molar refractivity (Wildman–Crippen MR) is 123 cm³/mol. The van der Waals surface area contributed by atoms with E-state index < -0.39 is 0 Å². The number of methoxy groups -OCH3 is 3. The molecule has 0 unspecified atom stereocenters. The van der Waals surface area contributed by atoms with Crippen LogP contribution in [0.3, 0.4) is 0 Å². The van der Waals surface area contributed by atoms with Gasteiger partial charge in [0.15, 0.2) is 11.5 Å². The van der Waals surface area contributed by atoms with Crippen LogP contribution < -0.4 is 24.4 Å². The molecule has 1 amide bonds. The summed E-state index contributed by atoms with van der Waals surface area (Å²) in [7, 11) is 4.70. The maximum atomic E-state index is 12.4. The van der Waals surface area contributed by atoms with Gasteiger partial charge in [-0.1, -0.05) is 18.2 Å². The third-order valence-electron chi connectivity index (χ3n) is 5.56. The minimum absolute atomic E-state index is 0.0110. The van der Waals surface area contributed by atoms with Crippen molar-refractivity contribution in [3.05, 3.63) is 48.0 Å². The van der Waals surface area contributed by atoms with E-state index >= 15 is 0 Å². The molecule has 2 aromatic rings. The van der Waals surface area contributed by atoms with E-state index in [2.05, 4.69) is 45.4 Å². The monoisotopic (exact) mass is 427 g/mol. The van der Waals surface area contributed by atoms with Crippen molar-refractivity contribution in [2.45, 2.75) is 12.8 Å². The Kier molecular flexibility index (Phi) is 8.41. The van der Waals surface area contributed by atoms with Crippen molar-refractivity contribution in [3.8, 4) is 17.2 Å². The van der Waals surface area contributed by atoms with Crippen molar-refractivity contribution in [2.24, 2.45) is 0 Å². The minimum atomic E-state index is -0.0110. The highest BCUT2D eigenvalue weighted by Crippen LogP contribution is 2.38. The first-order valence-electron chi connectivity index (χ1n) is 10.7. The predicted octanol–water partition coefficient (Wildman–Crippen LogP) is 2.58. The van der Waals surface area contributed by atoms with Crippen LogP contribution in [-0.2, 0) is 11.2 Å². The number of ether oxygens (including phenoxy) is 3. The Bertz CT molecular complexity index is 811. The van der Waals surface area contributed by atoms with Gasteiger partial charge in [-0.25, -0.2) is 0 Å². The van der Waals surface area contributed by atoms with E-state index in [1.54, 1.807) is 21.3 Å². The summed E-state index contributed by atoms with van der Waals surface area (Å²) in [5.41, 5.74) is 2.12. The lowest BCUT2D eigenvalue weighted by molar-refractivity contribution is -0.120. The zero-order valence-electron chi connectivity index (χ0n) is 18.7. The lowest BCUT2D eigenvalue weighted by Crippen LogP contribution is -2.47. The fourth-order valence-corrected chi connectivity index (χ4v) is 3.88. The van der Waals surface area contributed by atoms with E-state index in [1.165, 1.54) is 5.69 Å². The molecule has 1 fully saturated rings. The van der Waals surface area contributed by atoms with Crippen LogP contribution in [0, 0.1) is 0 Å². The molecule has 0 saturated carbocycles. The summed E-state index contributed by atoms with van der Waals surface area (Å²) in [6, 6.07) is 14.2. The molecule has 1 heterocycles. The Balaban J connectivity index is 1.38. The Morgan fingerprint density at radius 2 is 1.58 bits per heavy atom. The Morgan fingerprint density at radius 1 is 0.935 bits per heavy atom. The van der Waals surface area contributed by atoms with Crippen molar-refractivity contribution in [1.82, 2.24) is 10.2 Å². The van der Waals surface area contributed by atoms with E-state index in [0.717, 1.165) is 44.7 Å². The largest absolute Gasteiger partial charge is 0.493 e. The van der Waals surface area contributed by atoms with E-state index in [0.29, 0.717) is 23.8 Å². The third-order valence-corrected chi connectivity index (χ3v) is 5.56. The molecule has 1 saturated heterocycles. The van der Waals surface area contributed by atoms with Crippen molar-refractivity contribution in [3.63, 3.8) is 0 Å². The van der Waals surface area contributed by atoms with Crippen LogP contribution in [0.2, 0.25) is 0 Å². The number of carbonyl (C=O) groups is 1. The molecule has 2 aromatic carbocycles.